The van der Waals surface area contributed by atoms with Gasteiger partial charge in [0, 0.05) is 10.1 Å². The Bertz CT molecular complexity index is 1130. The topological polar surface area (TPSA) is 35.5 Å². The van der Waals surface area contributed by atoms with Gasteiger partial charge in [-0.15, -0.1) is 11.8 Å². The van der Waals surface area contributed by atoms with E-state index in [9.17, 15) is 18.0 Å². The highest BCUT2D eigenvalue weighted by atomic mass is 32.2. The highest BCUT2D eigenvalue weighted by molar-refractivity contribution is 7.99. The molecule has 0 saturated heterocycles. The average molecular weight is 517 g/mol. The Morgan fingerprint density at radius 2 is 1.58 bits per heavy atom. The van der Waals surface area contributed by atoms with Crippen LogP contribution >= 0.6 is 11.8 Å². The number of carbonyl (C=O) groups is 1. The Kier molecular flexibility index (Phi) is 9.88. The Balaban J connectivity index is 1.72. The van der Waals surface area contributed by atoms with Crippen molar-refractivity contribution in [3.05, 3.63) is 83.4 Å². The fourth-order valence-corrected chi connectivity index (χ4v) is 5.08. The predicted octanol–water partition coefficient (Wildman–Crippen LogP) is 8.65. The molecule has 3 nitrogen and oxygen atoms in total. The van der Waals surface area contributed by atoms with Gasteiger partial charge in [0.25, 0.3) is 0 Å². The first kappa shape index (κ1) is 27.7. The summed E-state index contributed by atoms with van der Waals surface area (Å²) in [7, 11) is 0. The zero-order valence-electron chi connectivity index (χ0n) is 20.7. The van der Waals surface area contributed by atoms with Gasteiger partial charge >= 0.3 is 12.1 Å². The predicted molar refractivity (Wildman–Crippen MR) is 138 cm³/mol. The van der Waals surface area contributed by atoms with Crippen molar-refractivity contribution in [1.29, 1.82) is 0 Å². The van der Waals surface area contributed by atoms with Gasteiger partial charge in [-0.05, 0) is 72.9 Å². The largest absolute Gasteiger partial charge is 0.482 e. The molecule has 0 bridgehead atoms. The molecule has 0 aliphatic carbocycles. The summed E-state index contributed by atoms with van der Waals surface area (Å²) in [6.07, 6.45) is -1.17. The van der Waals surface area contributed by atoms with Crippen molar-refractivity contribution in [2.24, 2.45) is 0 Å². The summed E-state index contributed by atoms with van der Waals surface area (Å²) in [5, 5.41) is 0.234. The molecule has 0 saturated carbocycles. The van der Waals surface area contributed by atoms with E-state index in [0.717, 1.165) is 53.0 Å². The lowest BCUT2D eigenvalue weighted by molar-refractivity contribution is -0.145. The number of rotatable bonds is 11. The van der Waals surface area contributed by atoms with E-state index in [4.69, 9.17) is 9.47 Å². The number of ether oxygens (including phenoxy) is 2. The van der Waals surface area contributed by atoms with Crippen LogP contribution in [0, 0.1) is 6.92 Å². The maximum Gasteiger partial charge on any atom is 0.416 e. The van der Waals surface area contributed by atoms with Gasteiger partial charge in [0.2, 0.25) is 0 Å². The molecule has 1 atom stereocenters. The molecule has 0 aliphatic rings. The summed E-state index contributed by atoms with van der Waals surface area (Å²) in [6.45, 7) is 6.07. The molecule has 36 heavy (non-hydrogen) atoms. The third-order valence-electron chi connectivity index (χ3n) is 5.72. The number of alkyl halides is 3. The number of hydrogen-bond acceptors (Lipinski definition) is 4. The number of hydrogen-bond donors (Lipinski definition) is 0. The Morgan fingerprint density at radius 1 is 0.944 bits per heavy atom. The molecule has 0 fully saturated rings. The smallest absolute Gasteiger partial charge is 0.416 e. The number of benzene rings is 3. The lowest BCUT2D eigenvalue weighted by Crippen LogP contribution is -2.14. The minimum absolute atomic E-state index is 0.119. The fraction of sp³-hybridized carbons (Fsp3) is 0.345. The Morgan fingerprint density at radius 3 is 2.14 bits per heavy atom. The van der Waals surface area contributed by atoms with E-state index in [1.54, 1.807) is 18.7 Å². The molecule has 3 rings (SSSR count). The molecule has 0 amide bonds. The number of thioether (sulfide) groups is 1. The number of carbonyl (C=O) groups excluding carboxylic acids is 1. The third kappa shape index (κ3) is 7.79. The van der Waals surface area contributed by atoms with E-state index < -0.39 is 17.7 Å². The fourth-order valence-electron chi connectivity index (χ4n) is 3.79. The van der Waals surface area contributed by atoms with Crippen LogP contribution in [0.15, 0.2) is 71.6 Å². The minimum Gasteiger partial charge on any atom is -0.482 e. The lowest BCUT2D eigenvalue weighted by Gasteiger charge is -2.18. The van der Waals surface area contributed by atoms with Crippen LogP contribution in [-0.2, 0) is 15.7 Å². The maximum absolute atomic E-state index is 12.9. The Labute approximate surface area is 215 Å². The highest BCUT2D eigenvalue weighted by Gasteiger charge is 2.30. The first-order valence-corrected chi connectivity index (χ1v) is 12.9. The van der Waals surface area contributed by atoms with Crippen LogP contribution in [0.4, 0.5) is 13.2 Å². The first-order chi connectivity index (χ1) is 17.2. The molecule has 0 radical (unpaired) electrons. The van der Waals surface area contributed by atoms with Crippen LogP contribution in [0.1, 0.15) is 55.1 Å². The van der Waals surface area contributed by atoms with Crippen molar-refractivity contribution in [2.75, 3.05) is 13.2 Å². The van der Waals surface area contributed by atoms with Crippen molar-refractivity contribution in [2.45, 2.75) is 56.4 Å². The Hall–Kier alpha value is -2.93. The molecule has 0 N–H and O–H groups in total. The lowest BCUT2D eigenvalue weighted by atomic mass is 10.00. The SMILES string of the molecule is CCCC[C@H](Sc1ccc(OCC(=O)OCC)c(C)c1)c1ccc(-c2ccc(C(F)(F)F)cc2)cc1. The molecular formula is C29H31F3O3S. The molecule has 3 aromatic carbocycles. The summed E-state index contributed by atoms with van der Waals surface area (Å²) in [5.41, 5.74) is 3.10. The molecule has 0 unspecified atom stereocenters. The summed E-state index contributed by atoms with van der Waals surface area (Å²) < 4.78 is 49.1. The molecule has 192 valence electrons. The van der Waals surface area contributed by atoms with Gasteiger partial charge in [-0.1, -0.05) is 56.2 Å². The molecule has 0 aromatic heterocycles. The van der Waals surface area contributed by atoms with Gasteiger partial charge in [0.1, 0.15) is 5.75 Å². The van der Waals surface area contributed by atoms with Crippen molar-refractivity contribution in [3.8, 4) is 16.9 Å². The van der Waals surface area contributed by atoms with Gasteiger partial charge in [0.05, 0.1) is 12.2 Å². The second-order valence-corrected chi connectivity index (χ2v) is 9.74. The van der Waals surface area contributed by atoms with Crippen LogP contribution < -0.4 is 4.74 Å². The van der Waals surface area contributed by atoms with E-state index in [2.05, 4.69) is 25.1 Å². The van der Waals surface area contributed by atoms with E-state index >= 15 is 0 Å². The van der Waals surface area contributed by atoms with E-state index in [1.165, 1.54) is 17.7 Å². The number of unbranched alkanes of at least 4 members (excludes halogenated alkanes) is 1. The second kappa shape index (κ2) is 12.9. The maximum atomic E-state index is 12.9. The minimum atomic E-state index is -4.34. The number of aryl methyl sites for hydroxylation is 1. The first-order valence-electron chi connectivity index (χ1n) is 12.0. The van der Waals surface area contributed by atoms with Crippen LogP contribution in [0.25, 0.3) is 11.1 Å². The van der Waals surface area contributed by atoms with Gasteiger partial charge in [-0.25, -0.2) is 4.79 Å². The van der Waals surface area contributed by atoms with Gasteiger partial charge in [0.15, 0.2) is 6.61 Å². The molecular weight excluding hydrogens is 485 g/mol. The third-order valence-corrected chi connectivity index (χ3v) is 7.04. The van der Waals surface area contributed by atoms with E-state index in [1.807, 2.05) is 31.2 Å². The summed E-state index contributed by atoms with van der Waals surface area (Å²) in [6, 6.07) is 19.2. The number of esters is 1. The molecule has 0 heterocycles. The zero-order chi connectivity index (χ0) is 26.1. The van der Waals surface area contributed by atoms with E-state index in [-0.39, 0.29) is 11.9 Å². The molecule has 0 spiro atoms. The monoisotopic (exact) mass is 516 g/mol. The highest BCUT2D eigenvalue weighted by Crippen LogP contribution is 2.41. The number of halogens is 3. The van der Waals surface area contributed by atoms with Crippen molar-refractivity contribution >= 4 is 17.7 Å². The van der Waals surface area contributed by atoms with Crippen LogP contribution in [0.2, 0.25) is 0 Å². The van der Waals surface area contributed by atoms with Crippen molar-refractivity contribution < 1.29 is 27.4 Å². The van der Waals surface area contributed by atoms with Gasteiger partial charge < -0.3 is 9.47 Å². The molecule has 7 heteroatoms. The average Bonchev–Trinajstić information content (AvgIpc) is 2.86. The van der Waals surface area contributed by atoms with Crippen molar-refractivity contribution in [3.63, 3.8) is 0 Å². The van der Waals surface area contributed by atoms with Gasteiger partial charge in [-0.2, -0.15) is 13.2 Å². The van der Waals surface area contributed by atoms with E-state index in [0.29, 0.717) is 12.4 Å². The summed E-state index contributed by atoms with van der Waals surface area (Å²) in [4.78, 5) is 12.7. The molecule has 0 aliphatic heterocycles. The van der Waals surface area contributed by atoms with Crippen LogP contribution in [0.5, 0.6) is 5.75 Å². The quantitative estimate of drug-likeness (QED) is 0.189. The normalized spacial score (nSPS) is 12.3. The second-order valence-electron chi connectivity index (χ2n) is 8.47. The van der Waals surface area contributed by atoms with Crippen LogP contribution in [-0.4, -0.2) is 19.2 Å². The van der Waals surface area contributed by atoms with Gasteiger partial charge in [-0.3, -0.25) is 0 Å². The van der Waals surface area contributed by atoms with Crippen molar-refractivity contribution in [1.82, 2.24) is 0 Å². The molecule has 3 aromatic rings. The summed E-state index contributed by atoms with van der Waals surface area (Å²) in [5.74, 6) is 0.258. The zero-order valence-corrected chi connectivity index (χ0v) is 21.5. The standard InChI is InChI=1S/C29H31F3O3S/c1-4-6-7-27(36-25-16-17-26(20(3)18-25)35-19-28(33)34-5-2)23-10-8-21(9-11-23)22-12-14-24(15-13-22)29(30,31)32/h8-18,27H,4-7,19H2,1-3H3/t27-/m0/s1. The van der Waals surface area contributed by atoms with Crippen LogP contribution in [0.3, 0.4) is 0 Å². The summed E-state index contributed by atoms with van der Waals surface area (Å²) >= 11 is 1.77.